The van der Waals surface area contributed by atoms with Gasteiger partial charge in [0.25, 0.3) is 0 Å². The Morgan fingerprint density at radius 3 is 2.70 bits per heavy atom. The van der Waals surface area contributed by atoms with Crippen LogP contribution in [0.1, 0.15) is 12.6 Å². The first-order valence-corrected chi connectivity index (χ1v) is 8.70. The molecule has 2 aromatic rings. The van der Waals surface area contributed by atoms with Crippen molar-refractivity contribution in [3.63, 3.8) is 0 Å². The van der Waals surface area contributed by atoms with Crippen LogP contribution in [-0.2, 0) is 16.4 Å². The van der Waals surface area contributed by atoms with Crippen LogP contribution in [0.25, 0.3) is 0 Å². The van der Waals surface area contributed by atoms with E-state index in [1.165, 1.54) is 0 Å². The zero-order valence-electron chi connectivity index (χ0n) is 11.3. The van der Waals surface area contributed by atoms with Crippen LogP contribution < -0.4 is 10.6 Å². The Bertz CT molecular complexity index is 683. The molecule has 2 aromatic heterocycles. The third-order valence-corrected chi connectivity index (χ3v) is 4.97. The Labute approximate surface area is 122 Å². The number of hydrogen-bond donors (Lipinski definition) is 1. The maximum atomic E-state index is 11.9. The number of nitrogens with two attached hydrogens (primary N) is 1. The quantitative estimate of drug-likeness (QED) is 0.901. The lowest BCUT2D eigenvalue weighted by Gasteiger charge is -2.21. The van der Waals surface area contributed by atoms with Gasteiger partial charge in [0.1, 0.15) is 9.90 Å². The van der Waals surface area contributed by atoms with E-state index in [9.17, 15) is 8.42 Å². The van der Waals surface area contributed by atoms with Gasteiger partial charge in [0.05, 0.1) is 12.2 Å². The van der Waals surface area contributed by atoms with Crippen molar-refractivity contribution < 1.29 is 8.42 Å². The molecular weight excluding hydrogens is 296 g/mol. The van der Waals surface area contributed by atoms with Crippen LogP contribution in [0, 0.1) is 0 Å². The third kappa shape index (κ3) is 3.07. The lowest BCUT2D eigenvalue weighted by atomic mass is 10.3. The molecule has 2 N–H and O–H groups in total. The SMILES string of the molecule is CCN(Cc1ccccn1)c1snc(N)c1S(C)(=O)=O. The molecule has 0 atom stereocenters. The van der Waals surface area contributed by atoms with Gasteiger partial charge in [-0.2, -0.15) is 4.37 Å². The van der Waals surface area contributed by atoms with E-state index in [-0.39, 0.29) is 10.7 Å². The van der Waals surface area contributed by atoms with Crippen molar-refractivity contribution in [2.45, 2.75) is 18.4 Å². The molecule has 0 amide bonds. The van der Waals surface area contributed by atoms with E-state index in [2.05, 4.69) is 9.36 Å². The summed E-state index contributed by atoms with van der Waals surface area (Å²) < 4.78 is 27.7. The fourth-order valence-corrected chi connectivity index (χ4v) is 4.12. The van der Waals surface area contributed by atoms with Crippen LogP contribution in [-0.4, -0.2) is 30.6 Å². The summed E-state index contributed by atoms with van der Waals surface area (Å²) in [6.45, 7) is 3.10. The number of nitrogen functional groups attached to an aromatic ring is 1. The molecule has 0 unspecified atom stereocenters. The van der Waals surface area contributed by atoms with Crippen molar-refractivity contribution in [3.8, 4) is 0 Å². The summed E-state index contributed by atoms with van der Waals surface area (Å²) in [6.07, 6.45) is 2.85. The lowest BCUT2D eigenvalue weighted by molar-refractivity contribution is 0.602. The molecule has 0 aliphatic heterocycles. The molecule has 0 aliphatic carbocycles. The molecule has 108 valence electrons. The Balaban J connectivity index is 2.39. The predicted octanol–water partition coefficient (Wildman–Crippen LogP) is 1.55. The highest BCUT2D eigenvalue weighted by molar-refractivity contribution is 7.91. The number of aromatic nitrogens is 2. The normalized spacial score (nSPS) is 11.5. The van der Waals surface area contributed by atoms with Crippen LogP contribution in [0.5, 0.6) is 0 Å². The van der Waals surface area contributed by atoms with Gasteiger partial charge in [-0.15, -0.1) is 0 Å². The van der Waals surface area contributed by atoms with E-state index in [0.29, 0.717) is 18.1 Å². The molecule has 8 heteroatoms. The standard InChI is InChI=1S/C12H16N4O2S2/c1-3-16(8-9-6-4-5-7-14-9)12-10(20(2,17)18)11(13)15-19-12/h4-7H,3,8H2,1-2H3,(H2,13,15). The molecule has 0 fully saturated rings. The summed E-state index contributed by atoms with van der Waals surface area (Å²) in [4.78, 5) is 6.27. The molecule has 0 saturated carbocycles. The predicted molar refractivity (Wildman–Crippen MR) is 80.6 cm³/mol. The summed E-state index contributed by atoms with van der Waals surface area (Å²) in [5, 5.41) is 0.568. The second kappa shape index (κ2) is 5.76. The molecule has 2 heterocycles. The molecule has 0 radical (unpaired) electrons. The number of pyridine rings is 1. The van der Waals surface area contributed by atoms with Crippen molar-refractivity contribution in [1.82, 2.24) is 9.36 Å². The summed E-state index contributed by atoms with van der Waals surface area (Å²) in [7, 11) is -3.41. The van der Waals surface area contributed by atoms with Crippen LogP contribution in [0.3, 0.4) is 0 Å². The minimum absolute atomic E-state index is 0.0620. The van der Waals surface area contributed by atoms with E-state index in [1.807, 2.05) is 30.0 Å². The van der Waals surface area contributed by atoms with Gasteiger partial charge in [-0.05, 0) is 30.6 Å². The first-order chi connectivity index (χ1) is 9.43. The Kier molecular flexibility index (Phi) is 4.24. The maximum absolute atomic E-state index is 11.9. The third-order valence-electron chi connectivity index (χ3n) is 2.78. The van der Waals surface area contributed by atoms with E-state index in [1.54, 1.807) is 6.20 Å². The highest BCUT2D eigenvalue weighted by Gasteiger charge is 2.24. The van der Waals surface area contributed by atoms with E-state index in [0.717, 1.165) is 23.5 Å². The van der Waals surface area contributed by atoms with Gasteiger partial charge >= 0.3 is 0 Å². The van der Waals surface area contributed by atoms with Crippen molar-refractivity contribution in [2.24, 2.45) is 0 Å². The topological polar surface area (TPSA) is 89.2 Å². The van der Waals surface area contributed by atoms with Crippen molar-refractivity contribution in [3.05, 3.63) is 30.1 Å². The number of hydrogen-bond acceptors (Lipinski definition) is 7. The van der Waals surface area contributed by atoms with Gasteiger partial charge in [-0.1, -0.05) is 6.07 Å². The molecule has 0 spiro atoms. The zero-order valence-corrected chi connectivity index (χ0v) is 12.9. The first kappa shape index (κ1) is 14.7. The zero-order chi connectivity index (χ0) is 14.8. The van der Waals surface area contributed by atoms with Gasteiger partial charge in [-0.3, -0.25) is 4.98 Å². The van der Waals surface area contributed by atoms with Crippen LogP contribution >= 0.6 is 11.5 Å². The number of sulfone groups is 1. The van der Waals surface area contributed by atoms with E-state index in [4.69, 9.17) is 5.73 Å². The monoisotopic (exact) mass is 312 g/mol. The smallest absolute Gasteiger partial charge is 0.182 e. The van der Waals surface area contributed by atoms with Crippen molar-refractivity contribution in [2.75, 3.05) is 23.4 Å². The number of anilines is 2. The first-order valence-electron chi connectivity index (χ1n) is 6.03. The molecule has 2 rings (SSSR count). The highest BCUT2D eigenvalue weighted by Crippen LogP contribution is 2.35. The largest absolute Gasteiger partial charge is 0.382 e. The van der Waals surface area contributed by atoms with Gasteiger partial charge < -0.3 is 10.6 Å². The van der Waals surface area contributed by atoms with Crippen molar-refractivity contribution >= 4 is 32.2 Å². The fourth-order valence-electron chi connectivity index (χ4n) is 1.85. The minimum Gasteiger partial charge on any atom is -0.382 e. The Morgan fingerprint density at radius 1 is 1.40 bits per heavy atom. The second-order valence-electron chi connectivity index (χ2n) is 4.31. The number of rotatable bonds is 5. The van der Waals surface area contributed by atoms with Crippen LogP contribution in [0.2, 0.25) is 0 Å². The molecular formula is C12H16N4O2S2. The summed E-state index contributed by atoms with van der Waals surface area (Å²) in [5.74, 6) is 0.0620. The Hall–Kier alpha value is -1.67. The van der Waals surface area contributed by atoms with E-state index >= 15 is 0 Å². The molecule has 0 saturated heterocycles. The molecule has 6 nitrogen and oxygen atoms in total. The molecule has 0 bridgehead atoms. The van der Waals surface area contributed by atoms with Gasteiger partial charge in [-0.25, -0.2) is 8.42 Å². The van der Waals surface area contributed by atoms with E-state index < -0.39 is 9.84 Å². The molecule has 20 heavy (non-hydrogen) atoms. The van der Waals surface area contributed by atoms with Gasteiger partial charge in [0.2, 0.25) is 0 Å². The summed E-state index contributed by atoms with van der Waals surface area (Å²) in [6, 6.07) is 5.63. The summed E-state index contributed by atoms with van der Waals surface area (Å²) >= 11 is 1.10. The van der Waals surface area contributed by atoms with Crippen LogP contribution in [0.15, 0.2) is 29.3 Å². The number of nitrogens with zero attached hydrogens (tertiary/aromatic N) is 3. The average Bonchev–Trinajstić information content (AvgIpc) is 2.79. The molecule has 0 aliphatic rings. The average molecular weight is 312 g/mol. The Morgan fingerprint density at radius 2 is 2.15 bits per heavy atom. The van der Waals surface area contributed by atoms with Gasteiger partial charge in [0.15, 0.2) is 15.7 Å². The maximum Gasteiger partial charge on any atom is 0.182 e. The second-order valence-corrected chi connectivity index (χ2v) is 7.01. The minimum atomic E-state index is -3.41. The lowest BCUT2D eigenvalue weighted by Crippen LogP contribution is -2.23. The van der Waals surface area contributed by atoms with Crippen LogP contribution in [0.4, 0.5) is 10.8 Å². The highest BCUT2D eigenvalue weighted by atomic mass is 32.2. The fraction of sp³-hybridized carbons (Fsp3) is 0.333. The van der Waals surface area contributed by atoms with Gasteiger partial charge in [0, 0.05) is 19.0 Å². The molecule has 0 aromatic carbocycles. The van der Waals surface area contributed by atoms with Crippen molar-refractivity contribution in [1.29, 1.82) is 0 Å². The summed E-state index contributed by atoms with van der Waals surface area (Å²) in [5.41, 5.74) is 6.55.